The van der Waals surface area contributed by atoms with Crippen LogP contribution >= 0.6 is 15.9 Å². The van der Waals surface area contributed by atoms with Crippen molar-refractivity contribution in [3.05, 3.63) is 64.9 Å². The van der Waals surface area contributed by atoms with E-state index in [4.69, 9.17) is 0 Å². The second-order valence-corrected chi connectivity index (χ2v) is 5.18. The van der Waals surface area contributed by atoms with Gasteiger partial charge in [-0.2, -0.15) is 0 Å². The van der Waals surface area contributed by atoms with Crippen LogP contribution in [0.25, 0.3) is 0 Å². The van der Waals surface area contributed by atoms with Gasteiger partial charge >= 0.3 is 0 Å². The van der Waals surface area contributed by atoms with Gasteiger partial charge in [0.2, 0.25) is 0 Å². The van der Waals surface area contributed by atoms with Crippen molar-refractivity contribution in [2.75, 3.05) is 11.9 Å². The van der Waals surface area contributed by atoms with Crippen LogP contribution in [0.3, 0.4) is 0 Å². The molecule has 6 heteroatoms. The van der Waals surface area contributed by atoms with Gasteiger partial charge in [-0.1, -0.05) is 6.08 Å². The fourth-order valence-electron chi connectivity index (χ4n) is 1.67. The van der Waals surface area contributed by atoms with Crippen LogP contribution in [0, 0.1) is 0 Å². The first-order chi connectivity index (χ1) is 10.1. The molecule has 0 aliphatic carbocycles. The number of hydrogen-bond donors (Lipinski definition) is 3. The van der Waals surface area contributed by atoms with Crippen LogP contribution in [0.5, 0.6) is 0 Å². The fourth-order valence-corrected chi connectivity index (χ4v) is 2.01. The molecule has 0 bridgehead atoms. The summed E-state index contributed by atoms with van der Waals surface area (Å²) in [6.45, 7) is 3.95. The second kappa shape index (κ2) is 6.90. The highest BCUT2D eigenvalue weighted by Crippen LogP contribution is 2.14. The van der Waals surface area contributed by atoms with Crippen LogP contribution in [-0.2, 0) is 0 Å². The number of benzene rings is 1. The van der Waals surface area contributed by atoms with E-state index in [-0.39, 0.29) is 11.8 Å². The number of nitrogens with one attached hydrogen (secondary N) is 3. The average Bonchev–Trinajstić information content (AvgIpc) is 2.92. The van der Waals surface area contributed by atoms with E-state index in [1.807, 2.05) is 0 Å². The van der Waals surface area contributed by atoms with Crippen molar-refractivity contribution in [3.8, 4) is 0 Å². The standard InChI is InChI=1S/C15H14BrN3O2/c1-2-7-17-14(20)10-3-5-12(6-4-10)19-15(21)13-8-11(16)9-18-13/h2-6,8-9,18H,1,7H2,(H,17,20)(H,19,21). The lowest BCUT2D eigenvalue weighted by molar-refractivity contribution is 0.0957. The summed E-state index contributed by atoms with van der Waals surface area (Å²) in [6.07, 6.45) is 3.29. The van der Waals surface area contributed by atoms with Crippen molar-refractivity contribution in [1.29, 1.82) is 0 Å². The molecule has 0 radical (unpaired) electrons. The Morgan fingerprint density at radius 3 is 2.52 bits per heavy atom. The number of carbonyl (C=O) groups is 2. The monoisotopic (exact) mass is 347 g/mol. The summed E-state index contributed by atoms with van der Waals surface area (Å²) in [7, 11) is 0. The maximum absolute atomic E-state index is 11.9. The molecule has 0 atom stereocenters. The Morgan fingerprint density at radius 1 is 1.24 bits per heavy atom. The van der Waals surface area contributed by atoms with E-state index in [0.29, 0.717) is 23.5 Å². The largest absolute Gasteiger partial charge is 0.356 e. The first kappa shape index (κ1) is 15.1. The Kier molecular flexibility index (Phi) is 4.94. The summed E-state index contributed by atoms with van der Waals surface area (Å²) in [5.41, 5.74) is 1.60. The SMILES string of the molecule is C=CCNC(=O)c1ccc(NC(=O)c2cc(Br)c[nH]2)cc1. The molecule has 0 fully saturated rings. The van der Waals surface area contributed by atoms with Crippen molar-refractivity contribution in [2.45, 2.75) is 0 Å². The highest BCUT2D eigenvalue weighted by Gasteiger charge is 2.09. The van der Waals surface area contributed by atoms with E-state index in [0.717, 1.165) is 4.47 Å². The molecule has 1 aromatic heterocycles. The molecule has 2 rings (SSSR count). The lowest BCUT2D eigenvalue weighted by Gasteiger charge is -2.06. The van der Waals surface area contributed by atoms with Crippen LogP contribution in [0.4, 0.5) is 5.69 Å². The summed E-state index contributed by atoms with van der Waals surface area (Å²) < 4.78 is 0.807. The van der Waals surface area contributed by atoms with Crippen LogP contribution in [-0.4, -0.2) is 23.3 Å². The number of H-pyrrole nitrogens is 1. The number of halogens is 1. The second-order valence-electron chi connectivity index (χ2n) is 4.26. The lowest BCUT2D eigenvalue weighted by atomic mass is 10.2. The van der Waals surface area contributed by atoms with Crippen LogP contribution < -0.4 is 10.6 Å². The Morgan fingerprint density at radius 2 is 1.95 bits per heavy atom. The first-order valence-corrected chi connectivity index (χ1v) is 7.04. The minimum atomic E-state index is -0.246. The molecule has 0 aliphatic heterocycles. The van der Waals surface area contributed by atoms with E-state index in [2.05, 4.69) is 38.1 Å². The summed E-state index contributed by atoms with van der Waals surface area (Å²) in [5, 5.41) is 5.42. The van der Waals surface area contributed by atoms with E-state index >= 15 is 0 Å². The number of aromatic amines is 1. The predicted molar refractivity (Wildman–Crippen MR) is 85.4 cm³/mol. The number of rotatable bonds is 5. The number of anilines is 1. The molecule has 21 heavy (non-hydrogen) atoms. The van der Waals surface area contributed by atoms with E-state index in [1.165, 1.54) is 0 Å². The highest BCUT2D eigenvalue weighted by molar-refractivity contribution is 9.10. The molecule has 1 heterocycles. The van der Waals surface area contributed by atoms with E-state index in [9.17, 15) is 9.59 Å². The van der Waals surface area contributed by atoms with Crippen LogP contribution in [0.1, 0.15) is 20.8 Å². The Balaban J connectivity index is 2.00. The van der Waals surface area contributed by atoms with Gasteiger partial charge in [-0.15, -0.1) is 6.58 Å². The molecule has 2 amide bonds. The van der Waals surface area contributed by atoms with Gasteiger partial charge in [-0.25, -0.2) is 0 Å². The van der Waals surface area contributed by atoms with Gasteiger partial charge in [0.05, 0.1) is 0 Å². The third-order valence-electron chi connectivity index (χ3n) is 2.70. The minimum absolute atomic E-state index is 0.180. The molecule has 5 nitrogen and oxygen atoms in total. The number of aromatic nitrogens is 1. The summed E-state index contributed by atoms with van der Waals surface area (Å²) in [4.78, 5) is 26.5. The lowest BCUT2D eigenvalue weighted by Crippen LogP contribution is -2.23. The minimum Gasteiger partial charge on any atom is -0.356 e. The quantitative estimate of drug-likeness (QED) is 0.727. The maximum Gasteiger partial charge on any atom is 0.272 e. The zero-order chi connectivity index (χ0) is 15.2. The molecule has 0 saturated heterocycles. The first-order valence-electron chi connectivity index (χ1n) is 6.24. The molecular formula is C15H14BrN3O2. The molecule has 1 aromatic carbocycles. The normalized spacial score (nSPS) is 9.95. The molecular weight excluding hydrogens is 334 g/mol. The molecule has 108 valence electrons. The van der Waals surface area contributed by atoms with Crippen LogP contribution in [0.15, 0.2) is 53.7 Å². The average molecular weight is 348 g/mol. The topological polar surface area (TPSA) is 74.0 Å². The predicted octanol–water partition coefficient (Wildman–Crippen LogP) is 2.95. The Labute approximate surface area is 130 Å². The zero-order valence-electron chi connectivity index (χ0n) is 11.2. The highest BCUT2D eigenvalue weighted by atomic mass is 79.9. The van der Waals surface area contributed by atoms with Gasteiger partial charge in [-0.05, 0) is 46.3 Å². The van der Waals surface area contributed by atoms with Crippen molar-refractivity contribution < 1.29 is 9.59 Å². The van der Waals surface area contributed by atoms with Crippen molar-refractivity contribution in [1.82, 2.24) is 10.3 Å². The molecule has 0 saturated carbocycles. The van der Waals surface area contributed by atoms with Gasteiger partial charge in [0.1, 0.15) is 5.69 Å². The summed E-state index contributed by atoms with van der Waals surface area (Å²) in [6, 6.07) is 8.35. The fraction of sp³-hybridized carbons (Fsp3) is 0.0667. The molecule has 2 aromatic rings. The zero-order valence-corrected chi connectivity index (χ0v) is 12.7. The van der Waals surface area contributed by atoms with E-state index in [1.54, 1.807) is 42.6 Å². The third kappa shape index (κ3) is 4.06. The Bertz CT molecular complexity index is 662. The molecule has 0 spiro atoms. The van der Waals surface area contributed by atoms with Gasteiger partial charge in [0, 0.05) is 28.5 Å². The molecule has 3 N–H and O–H groups in total. The summed E-state index contributed by atoms with van der Waals surface area (Å²) >= 11 is 3.27. The summed E-state index contributed by atoms with van der Waals surface area (Å²) in [5.74, 6) is -0.425. The number of amides is 2. The molecule has 0 unspecified atom stereocenters. The van der Waals surface area contributed by atoms with Crippen LogP contribution in [0.2, 0.25) is 0 Å². The smallest absolute Gasteiger partial charge is 0.272 e. The number of hydrogen-bond acceptors (Lipinski definition) is 2. The third-order valence-corrected chi connectivity index (χ3v) is 3.16. The van der Waals surface area contributed by atoms with Gasteiger partial charge in [0.15, 0.2) is 0 Å². The Hall–Kier alpha value is -2.34. The van der Waals surface area contributed by atoms with Gasteiger partial charge in [-0.3, -0.25) is 9.59 Å². The van der Waals surface area contributed by atoms with Crippen molar-refractivity contribution >= 4 is 33.4 Å². The van der Waals surface area contributed by atoms with Crippen molar-refractivity contribution in [2.24, 2.45) is 0 Å². The van der Waals surface area contributed by atoms with Crippen molar-refractivity contribution in [3.63, 3.8) is 0 Å². The van der Waals surface area contributed by atoms with Gasteiger partial charge in [0.25, 0.3) is 11.8 Å². The molecule has 0 aliphatic rings. The maximum atomic E-state index is 11.9. The van der Waals surface area contributed by atoms with E-state index < -0.39 is 0 Å². The van der Waals surface area contributed by atoms with Gasteiger partial charge < -0.3 is 15.6 Å². The number of carbonyl (C=O) groups excluding carboxylic acids is 2.